The summed E-state index contributed by atoms with van der Waals surface area (Å²) in [6.07, 6.45) is 2.21. The van der Waals surface area contributed by atoms with E-state index in [1.54, 1.807) is 7.11 Å². The van der Waals surface area contributed by atoms with Crippen LogP contribution in [0.4, 0.5) is 0 Å². The maximum Gasteiger partial charge on any atom is 0.252 e. The third-order valence-corrected chi connectivity index (χ3v) is 4.48. The Hall–Kier alpha value is -1.59. The maximum absolute atomic E-state index is 12.7. The monoisotopic (exact) mass is 290 g/mol. The average Bonchev–Trinajstić information content (AvgIpc) is 2.56. The molecule has 5 heteroatoms. The molecule has 3 rings (SSSR count). The van der Waals surface area contributed by atoms with Crippen molar-refractivity contribution < 1.29 is 14.3 Å². The molecule has 0 aliphatic carbocycles. The zero-order valence-electron chi connectivity index (χ0n) is 12.4. The minimum atomic E-state index is -0.696. The van der Waals surface area contributed by atoms with Crippen molar-refractivity contribution in [2.75, 3.05) is 26.8 Å². The quantitative estimate of drug-likeness (QED) is 0.883. The third-order valence-electron chi connectivity index (χ3n) is 4.48. The predicted molar refractivity (Wildman–Crippen MR) is 79.3 cm³/mol. The molecule has 0 aromatic heterocycles. The summed E-state index contributed by atoms with van der Waals surface area (Å²) in [5.74, 6) is 0.860. The van der Waals surface area contributed by atoms with E-state index in [1.807, 2.05) is 24.3 Å². The molecule has 5 nitrogen and oxygen atoms in total. The number of benzene rings is 1. The fourth-order valence-electron chi connectivity index (χ4n) is 3.14. The second kappa shape index (κ2) is 6.03. The third kappa shape index (κ3) is 2.76. The van der Waals surface area contributed by atoms with E-state index < -0.39 is 5.60 Å². The Balaban J connectivity index is 1.76. The lowest BCUT2D eigenvalue weighted by Crippen LogP contribution is -2.55. The molecular formula is C16H22N2O3. The van der Waals surface area contributed by atoms with Crippen molar-refractivity contribution in [2.45, 2.75) is 30.9 Å². The van der Waals surface area contributed by atoms with Crippen LogP contribution >= 0.6 is 0 Å². The second-order valence-corrected chi connectivity index (χ2v) is 5.65. The molecule has 1 atom stereocenters. The van der Waals surface area contributed by atoms with E-state index in [-0.39, 0.29) is 11.9 Å². The van der Waals surface area contributed by atoms with Crippen LogP contribution in [0.2, 0.25) is 0 Å². The summed E-state index contributed by atoms with van der Waals surface area (Å²) in [7, 11) is 1.63. The highest BCUT2D eigenvalue weighted by Crippen LogP contribution is 2.33. The highest BCUT2D eigenvalue weighted by atomic mass is 16.5. The van der Waals surface area contributed by atoms with Crippen LogP contribution in [0.3, 0.4) is 0 Å². The maximum atomic E-state index is 12.7. The molecule has 21 heavy (non-hydrogen) atoms. The lowest BCUT2D eigenvalue weighted by molar-refractivity contribution is -0.147. The van der Waals surface area contributed by atoms with Crippen LogP contribution in [0.5, 0.6) is 5.75 Å². The van der Waals surface area contributed by atoms with Crippen LogP contribution in [0.15, 0.2) is 24.3 Å². The highest BCUT2D eigenvalue weighted by molar-refractivity contribution is 5.86. The van der Waals surface area contributed by atoms with Gasteiger partial charge in [-0.25, -0.2) is 0 Å². The Morgan fingerprint density at radius 1 is 1.38 bits per heavy atom. The van der Waals surface area contributed by atoms with Gasteiger partial charge in [-0.3, -0.25) is 4.79 Å². The summed E-state index contributed by atoms with van der Waals surface area (Å²) in [5.41, 5.74) is 0.357. The van der Waals surface area contributed by atoms with Gasteiger partial charge < -0.3 is 20.1 Å². The number of amides is 1. The number of carbonyl (C=O) groups is 1. The number of methoxy groups -OCH3 is 1. The number of piperidine rings is 1. The van der Waals surface area contributed by atoms with Crippen LogP contribution < -0.4 is 15.4 Å². The first-order valence-corrected chi connectivity index (χ1v) is 7.54. The number of rotatable bonds is 3. The summed E-state index contributed by atoms with van der Waals surface area (Å²) in [6.45, 7) is 2.25. The van der Waals surface area contributed by atoms with Crippen molar-refractivity contribution in [2.24, 2.45) is 0 Å². The summed E-state index contributed by atoms with van der Waals surface area (Å²) in [4.78, 5) is 12.7. The van der Waals surface area contributed by atoms with E-state index in [0.717, 1.165) is 30.8 Å². The summed E-state index contributed by atoms with van der Waals surface area (Å²) >= 11 is 0. The van der Waals surface area contributed by atoms with Crippen LogP contribution in [0.25, 0.3) is 0 Å². The molecule has 0 bridgehead atoms. The fraction of sp³-hybridized carbons (Fsp3) is 0.562. The smallest absolute Gasteiger partial charge is 0.252 e. The van der Waals surface area contributed by atoms with Crippen molar-refractivity contribution in [1.29, 1.82) is 0 Å². The number of para-hydroxylation sites is 1. The van der Waals surface area contributed by atoms with Crippen LogP contribution in [-0.4, -0.2) is 38.3 Å². The van der Waals surface area contributed by atoms with E-state index in [1.165, 1.54) is 0 Å². The molecular weight excluding hydrogens is 268 g/mol. The molecule has 2 N–H and O–H groups in total. The largest absolute Gasteiger partial charge is 0.493 e. The minimum absolute atomic E-state index is 0.00404. The number of hydrogen-bond donors (Lipinski definition) is 2. The van der Waals surface area contributed by atoms with Crippen LogP contribution in [0.1, 0.15) is 30.9 Å². The molecule has 0 spiro atoms. The van der Waals surface area contributed by atoms with Gasteiger partial charge in [0.25, 0.3) is 5.91 Å². The van der Waals surface area contributed by atoms with Gasteiger partial charge in [0.2, 0.25) is 0 Å². The Bertz CT molecular complexity index is 512. The average molecular weight is 290 g/mol. The molecule has 1 aromatic carbocycles. The van der Waals surface area contributed by atoms with Gasteiger partial charge in [0, 0.05) is 19.1 Å². The molecule has 2 aliphatic heterocycles. The van der Waals surface area contributed by atoms with Gasteiger partial charge in [0.15, 0.2) is 0 Å². The summed E-state index contributed by atoms with van der Waals surface area (Å²) in [5, 5.41) is 6.43. The molecule has 1 fully saturated rings. The molecule has 1 amide bonds. The van der Waals surface area contributed by atoms with Crippen molar-refractivity contribution in [3.8, 4) is 5.75 Å². The van der Waals surface area contributed by atoms with E-state index >= 15 is 0 Å². The van der Waals surface area contributed by atoms with Gasteiger partial charge >= 0.3 is 0 Å². The van der Waals surface area contributed by atoms with Gasteiger partial charge in [-0.15, -0.1) is 0 Å². The van der Waals surface area contributed by atoms with Crippen molar-refractivity contribution in [3.05, 3.63) is 29.8 Å². The Morgan fingerprint density at radius 3 is 2.90 bits per heavy atom. The lowest BCUT2D eigenvalue weighted by Gasteiger charge is -2.37. The van der Waals surface area contributed by atoms with Crippen molar-refractivity contribution in [1.82, 2.24) is 10.6 Å². The number of carbonyl (C=O) groups excluding carboxylic acids is 1. The molecule has 2 heterocycles. The van der Waals surface area contributed by atoms with E-state index in [0.29, 0.717) is 19.4 Å². The van der Waals surface area contributed by atoms with Crippen molar-refractivity contribution >= 4 is 5.91 Å². The van der Waals surface area contributed by atoms with Gasteiger partial charge in [-0.05, 0) is 32.0 Å². The predicted octanol–water partition coefficient (Wildman–Crippen LogP) is 1.40. The van der Waals surface area contributed by atoms with E-state index in [2.05, 4.69) is 10.6 Å². The normalized spacial score (nSPS) is 23.8. The summed E-state index contributed by atoms with van der Waals surface area (Å²) < 4.78 is 11.2. The molecule has 1 unspecified atom stereocenters. The van der Waals surface area contributed by atoms with E-state index in [9.17, 15) is 4.79 Å². The van der Waals surface area contributed by atoms with Gasteiger partial charge in [-0.1, -0.05) is 18.2 Å². The van der Waals surface area contributed by atoms with Crippen molar-refractivity contribution in [3.63, 3.8) is 0 Å². The fourth-order valence-corrected chi connectivity index (χ4v) is 3.14. The zero-order valence-corrected chi connectivity index (χ0v) is 12.4. The molecule has 2 aliphatic rings. The molecule has 0 radical (unpaired) electrons. The first-order chi connectivity index (χ1) is 10.2. The van der Waals surface area contributed by atoms with Crippen LogP contribution in [0, 0.1) is 0 Å². The zero-order chi connectivity index (χ0) is 14.7. The van der Waals surface area contributed by atoms with Crippen LogP contribution in [-0.2, 0) is 9.53 Å². The summed E-state index contributed by atoms with van der Waals surface area (Å²) in [6, 6.07) is 7.89. The minimum Gasteiger partial charge on any atom is -0.493 e. The highest BCUT2D eigenvalue weighted by Gasteiger charge is 2.41. The Kier molecular flexibility index (Phi) is 4.12. The Morgan fingerprint density at radius 2 is 2.14 bits per heavy atom. The molecule has 114 valence electrons. The molecule has 0 saturated carbocycles. The molecule has 1 saturated heterocycles. The second-order valence-electron chi connectivity index (χ2n) is 5.65. The number of fused-ring (bicyclic) bond motifs is 1. The van der Waals surface area contributed by atoms with Gasteiger partial charge in [-0.2, -0.15) is 0 Å². The first-order valence-electron chi connectivity index (χ1n) is 7.54. The number of hydrogen-bond acceptors (Lipinski definition) is 4. The topological polar surface area (TPSA) is 59.6 Å². The first kappa shape index (κ1) is 14.4. The van der Waals surface area contributed by atoms with Gasteiger partial charge in [0.05, 0.1) is 12.6 Å². The standard InChI is InChI=1S/C16H22N2O3/c1-20-16(7-9-17-10-8-16)15(19)18-13-6-11-21-14-5-3-2-4-12(13)14/h2-5,13,17H,6-11H2,1H3,(H,18,19). The SMILES string of the molecule is COC1(C(=O)NC2CCOc3ccccc32)CCNCC1. The lowest BCUT2D eigenvalue weighted by atomic mass is 9.90. The van der Waals surface area contributed by atoms with Gasteiger partial charge in [0.1, 0.15) is 11.4 Å². The Labute approximate surface area is 125 Å². The number of nitrogens with one attached hydrogen (secondary N) is 2. The van der Waals surface area contributed by atoms with E-state index in [4.69, 9.17) is 9.47 Å². The molecule has 1 aromatic rings. The number of ether oxygens (including phenoxy) is 2.